The first-order valence-electron chi connectivity index (χ1n) is 4.84. The van der Waals surface area contributed by atoms with Crippen LogP contribution in [0.3, 0.4) is 0 Å². The Morgan fingerprint density at radius 2 is 2.43 bits per heavy atom. The molecule has 1 aromatic rings. The summed E-state index contributed by atoms with van der Waals surface area (Å²) >= 11 is 5.26. The van der Waals surface area contributed by atoms with Crippen LogP contribution in [0.5, 0.6) is 0 Å². The van der Waals surface area contributed by atoms with Crippen LogP contribution >= 0.6 is 27.7 Å². The van der Waals surface area contributed by atoms with E-state index in [1.807, 2.05) is 23.9 Å². The third kappa shape index (κ3) is 2.97. The summed E-state index contributed by atoms with van der Waals surface area (Å²) in [7, 11) is 0. The molecular formula is C10H13BrN2S. The minimum atomic E-state index is 0.686. The monoisotopic (exact) mass is 272 g/mol. The normalized spacial score (nSPS) is 22.2. The predicted octanol–water partition coefficient (Wildman–Crippen LogP) is 2.69. The van der Waals surface area contributed by atoms with Crippen molar-refractivity contribution in [2.45, 2.75) is 23.1 Å². The van der Waals surface area contributed by atoms with Crippen molar-refractivity contribution < 1.29 is 0 Å². The van der Waals surface area contributed by atoms with Gasteiger partial charge >= 0.3 is 0 Å². The molecule has 1 N–H and O–H groups in total. The van der Waals surface area contributed by atoms with Gasteiger partial charge in [0.2, 0.25) is 0 Å². The number of hydrogen-bond donors (Lipinski definition) is 1. The van der Waals surface area contributed by atoms with Crippen LogP contribution in [0, 0.1) is 0 Å². The number of nitrogens with one attached hydrogen (secondary N) is 1. The van der Waals surface area contributed by atoms with Crippen molar-refractivity contribution in [3.63, 3.8) is 0 Å². The number of halogens is 1. The van der Waals surface area contributed by atoms with Gasteiger partial charge in [-0.3, -0.25) is 0 Å². The van der Waals surface area contributed by atoms with Crippen LogP contribution in [0.1, 0.15) is 12.8 Å². The molecule has 1 fully saturated rings. The lowest BCUT2D eigenvalue weighted by Gasteiger charge is -2.21. The van der Waals surface area contributed by atoms with Gasteiger partial charge in [-0.05, 0) is 47.4 Å². The molecule has 2 nitrogen and oxygen atoms in total. The summed E-state index contributed by atoms with van der Waals surface area (Å²) in [6.45, 7) is 2.28. The number of thioether (sulfide) groups is 1. The second-order valence-electron chi connectivity index (χ2n) is 3.38. The number of nitrogens with zero attached hydrogens (tertiary/aromatic N) is 1. The second-order valence-corrected chi connectivity index (χ2v) is 5.52. The van der Waals surface area contributed by atoms with Gasteiger partial charge in [0.15, 0.2) is 0 Å². The molecule has 2 rings (SSSR count). The summed E-state index contributed by atoms with van der Waals surface area (Å²) in [6.07, 6.45) is 2.58. The van der Waals surface area contributed by atoms with Gasteiger partial charge in [-0.1, -0.05) is 6.07 Å². The lowest BCUT2D eigenvalue weighted by molar-refractivity contribution is 0.531. The van der Waals surface area contributed by atoms with Crippen molar-refractivity contribution in [1.29, 1.82) is 0 Å². The van der Waals surface area contributed by atoms with E-state index < -0.39 is 0 Å². The minimum Gasteiger partial charge on any atom is -0.316 e. The van der Waals surface area contributed by atoms with Gasteiger partial charge in [-0.25, -0.2) is 4.98 Å². The quantitative estimate of drug-likeness (QED) is 0.839. The molecule has 76 valence electrons. The fourth-order valence-electron chi connectivity index (χ4n) is 1.55. The smallest absolute Gasteiger partial charge is 0.107 e. The first-order chi connectivity index (χ1) is 6.84. The summed E-state index contributed by atoms with van der Waals surface area (Å²) in [5, 5.41) is 5.21. The van der Waals surface area contributed by atoms with Crippen molar-refractivity contribution in [3.8, 4) is 0 Å². The number of piperidine rings is 1. The fourth-order valence-corrected chi connectivity index (χ4v) is 3.14. The van der Waals surface area contributed by atoms with Gasteiger partial charge in [-0.2, -0.15) is 0 Å². The van der Waals surface area contributed by atoms with Crippen molar-refractivity contribution in [3.05, 3.63) is 22.8 Å². The van der Waals surface area contributed by atoms with Gasteiger partial charge in [0.1, 0.15) is 4.60 Å². The summed E-state index contributed by atoms with van der Waals surface area (Å²) in [5.74, 6) is 0. The molecule has 1 atom stereocenters. The van der Waals surface area contributed by atoms with Gasteiger partial charge in [0, 0.05) is 11.8 Å². The third-order valence-corrected chi connectivity index (χ3v) is 3.87. The van der Waals surface area contributed by atoms with Crippen LogP contribution in [0.25, 0.3) is 0 Å². The Bertz CT molecular complexity index is 300. The van der Waals surface area contributed by atoms with Crippen LogP contribution < -0.4 is 5.32 Å². The molecule has 1 aliphatic heterocycles. The Morgan fingerprint density at radius 3 is 3.14 bits per heavy atom. The molecular weight excluding hydrogens is 260 g/mol. The van der Waals surface area contributed by atoms with Crippen molar-refractivity contribution >= 4 is 27.7 Å². The molecule has 2 heterocycles. The highest BCUT2D eigenvalue weighted by atomic mass is 79.9. The maximum Gasteiger partial charge on any atom is 0.107 e. The number of aromatic nitrogens is 1. The van der Waals surface area contributed by atoms with Crippen molar-refractivity contribution in [2.75, 3.05) is 13.1 Å². The largest absolute Gasteiger partial charge is 0.316 e. The summed E-state index contributed by atoms with van der Waals surface area (Å²) in [5.41, 5.74) is 0. The molecule has 1 saturated heterocycles. The highest BCUT2D eigenvalue weighted by Gasteiger charge is 2.14. The van der Waals surface area contributed by atoms with E-state index in [9.17, 15) is 0 Å². The zero-order valence-corrected chi connectivity index (χ0v) is 10.3. The van der Waals surface area contributed by atoms with E-state index in [1.54, 1.807) is 0 Å². The molecule has 0 aliphatic carbocycles. The van der Waals surface area contributed by atoms with Crippen LogP contribution in [-0.2, 0) is 0 Å². The zero-order chi connectivity index (χ0) is 9.80. The lowest BCUT2D eigenvalue weighted by atomic mass is 10.2. The Morgan fingerprint density at radius 1 is 1.50 bits per heavy atom. The van der Waals surface area contributed by atoms with Crippen LogP contribution in [0.2, 0.25) is 0 Å². The first kappa shape index (κ1) is 10.5. The molecule has 0 aromatic carbocycles. The van der Waals surface area contributed by atoms with E-state index in [1.165, 1.54) is 19.4 Å². The van der Waals surface area contributed by atoms with Crippen molar-refractivity contribution in [2.24, 2.45) is 0 Å². The number of pyridine rings is 1. The molecule has 14 heavy (non-hydrogen) atoms. The Balaban J connectivity index is 1.95. The molecule has 4 heteroatoms. The maximum atomic E-state index is 4.42. The van der Waals surface area contributed by atoms with E-state index in [0.717, 1.165) is 16.2 Å². The average molecular weight is 273 g/mol. The first-order valence-corrected chi connectivity index (χ1v) is 6.52. The average Bonchev–Trinajstić information content (AvgIpc) is 2.19. The Labute approximate surface area is 97.0 Å². The van der Waals surface area contributed by atoms with Crippen molar-refractivity contribution in [1.82, 2.24) is 10.3 Å². The Hall–Kier alpha value is -0.0600. The molecule has 1 aliphatic rings. The molecule has 0 saturated carbocycles. The van der Waals surface area contributed by atoms with E-state index in [2.05, 4.69) is 32.3 Å². The molecule has 1 unspecified atom stereocenters. The van der Waals surface area contributed by atoms with Gasteiger partial charge in [0.05, 0.1) is 5.03 Å². The number of rotatable bonds is 2. The van der Waals surface area contributed by atoms with E-state index >= 15 is 0 Å². The Kier molecular flexibility index (Phi) is 3.84. The van der Waals surface area contributed by atoms with E-state index in [4.69, 9.17) is 0 Å². The molecule has 0 spiro atoms. The SMILES string of the molecule is Brc1cccc(SC2CCCNC2)n1. The predicted molar refractivity (Wildman–Crippen MR) is 63.7 cm³/mol. The molecule has 0 radical (unpaired) electrons. The van der Waals surface area contributed by atoms with E-state index in [0.29, 0.717) is 5.25 Å². The third-order valence-electron chi connectivity index (χ3n) is 2.23. The topological polar surface area (TPSA) is 24.9 Å². The second kappa shape index (κ2) is 5.14. The summed E-state index contributed by atoms with van der Waals surface area (Å²) < 4.78 is 0.922. The maximum absolute atomic E-state index is 4.42. The zero-order valence-electron chi connectivity index (χ0n) is 7.87. The van der Waals surface area contributed by atoms with Crippen LogP contribution in [0.4, 0.5) is 0 Å². The van der Waals surface area contributed by atoms with Crippen LogP contribution in [-0.4, -0.2) is 23.3 Å². The minimum absolute atomic E-state index is 0.686. The van der Waals surface area contributed by atoms with Gasteiger partial charge in [-0.15, -0.1) is 11.8 Å². The van der Waals surface area contributed by atoms with Crippen LogP contribution in [0.15, 0.2) is 27.8 Å². The number of hydrogen-bond acceptors (Lipinski definition) is 3. The molecule has 1 aromatic heterocycles. The highest BCUT2D eigenvalue weighted by molar-refractivity contribution is 9.10. The summed E-state index contributed by atoms with van der Waals surface area (Å²) in [6, 6.07) is 6.07. The fraction of sp³-hybridized carbons (Fsp3) is 0.500. The standard InChI is InChI=1S/C10H13BrN2S/c11-9-4-1-5-10(13-9)14-8-3-2-6-12-7-8/h1,4-5,8,12H,2-3,6-7H2. The summed E-state index contributed by atoms with van der Waals surface area (Å²) in [4.78, 5) is 4.42. The molecule has 0 amide bonds. The van der Waals surface area contributed by atoms with Gasteiger partial charge in [0.25, 0.3) is 0 Å². The molecule has 0 bridgehead atoms. The van der Waals surface area contributed by atoms with Gasteiger partial charge < -0.3 is 5.32 Å². The van der Waals surface area contributed by atoms with E-state index in [-0.39, 0.29) is 0 Å². The lowest BCUT2D eigenvalue weighted by Crippen LogP contribution is -2.31. The highest BCUT2D eigenvalue weighted by Crippen LogP contribution is 2.26.